The van der Waals surface area contributed by atoms with Gasteiger partial charge in [-0.05, 0) is 47.2 Å². The molecule has 2 aliphatic rings. The summed E-state index contributed by atoms with van der Waals surface area (Å²) in [4.78, 5) is 14.0. The number of benzene rings is 3. The Morgan fingerprint density at radius 2 is 1.73 bits per heavy atom. The van der Waals surface area contributed by atoms with Crippen molar-refractivity contribution in [3.63, 3.8) is 0 Å². The van der Waals surface area contributed by atoms with E-state index in [9.17, 15) is 15.0 Å². The van der Waals surface area contributed by atoms with Crippen LogP contribution in [0.15, 0.2) is 72.8 Å². The zero-order valence-electron chi connectivity index (χ0n) is 23.0. The largest absolute Gasteiger partial charge is 0.392 e. The molecule has 0 bridgehead atoms. The number of likely N-dealkylation sites (tertiary alicyclic amines) is 1. The lowest BCUT2D eigenvalue weighted by atomic mass is 9.99. The molecule has 0 aromatic heterocycles. The number of β-amino-alcohol motifs (C(OH)–C–C–N with tert-alkyl or cyclic N) is 1. The van der Waals surface area contributed by atoms with Crippen molar-refractivity contribution in [2.45, 2.75) is 57.5 Å². The molecule has 40 heavy (non-hydrogen) atoms. The second kappa shape index (κ2) is 13.4. The third-order valence-electron chi connectivity index (χ3n) is 7.56. The van der Waals surface area contributed by atoms with Crippen molar-refractivity contribution in [1.29, 1.82) is 0 Å². The maximum atomic E-state index is 11.8. The summed E-state index contributed by atoms with van der Waals surface area (Å²) < 4.78 is 13.0. The van der Waals surface area contributed by atoms with E-state index in [1.807, 2.05) is 55.5 Å². The Morgan fingerprint density at radius 3 is 2.42 bits per heavy atom. The van der Waals surface area contributed by atoms with Crippen LogP contribution in [0.1, 0.15) is 54.4 Å². The second-order valence-corrected chi connectivity index (χ2v) is 10.6. The zero-order valence-corrected chi connectivity index (χ0v) is 23.0. The summed E-state index contributed by atoms with van der Waals surface area (Å²) in [6.07, 6.45) is 0.543. The minimum absolute atomic E-state index is 0.0113. The molecule has 3 aromatic rings. The predicted octanol–water partition coefficient (Wildman–Crippen LogP) is 4.28. The molecule has 8 nitrogen and oxygen atoms in total. The van der Waals surface area contributed by atoms with Gasteiger partial charge in [0.15, 0.2) is 6.29 Å². The van der Waals surface area contributed by atoms with Crippen molar-refractivity contribution in [2.75, 3.05) is 26.2 Å². The summed E-state index contributed by atoms with van der Waals surface area (Å²) in [5.41, 5.74) is 6.04. The van der Waals surface area contributed by atoms with Crippen LogP contribution in [0.3, 0.4) is 0 Å². The first-order valence-corrected chi connectivity index (χ1v) is 14.1. The molecule has 2 saturated heterocycles. The van der Waals surface area contributed by atoms with Crippen molar-refractivity contribution in [2.24, 2.45) is 0 Å². The molecule has 0 saturated carbocycles. The Morgan fingerprint density at radius 1 is 0.950 bits per heavy atom. The standard InChI is InChI=1S/C32H39N3O5/c1-2-33-32(38)34-18-23-4-3-5-27(16-23)24-10-12-26(13-11-24)31-39-29(20-35-15-14-28(37)19-35)17-30(40-31)25-8-6-22(21-36)7-9-25/h3-13,16,28-31,36-37H,2,14-15,17-21H2,1H3,(H2,33,34,38)/t28-,29-,30+,31+/m0/s1. The highest BCUT2D eigenvalue weighted by molar-refractivity contribution is 5.73. The molecular formula is C32H39N3O5. The van der Waals surface area contributed by atoms with Crippen LogP contribution in [0.5, 0.6) is 0 Å². The first-order valence-electron chi connectivity index (χ1n) is 14.1. The van der Waals surface area contributed by atoms with Crippen LogP contribution in [0.25, 0.3) is 11.1 Å². The van der Waals surface area contributed by atoms with Crippen LogP contribution in [0, 0.1) is 0 Å². The van der Waals surface area contributed by atoms with Gasteiger partial charge in [0.1, 0.15) is 0 Å². The lowest BCUT2D eigenvalue weighted by Crippen LogP contribution is -2.38. The number of nitrogens with one attached hydrogen (secondary N) is 2. The monoisotopic (exact) mass is 545 g/mol. The van der Waals surface area contributed by atoms with Gasteiger partial charge in [-0.3, -0.25) is 4.90 Å². The van der Waals surface area contributed by atoms with Crippen LogP contribution in [0.2, 0.25) is 0 Å². The maximum Gasteiger partial charge on any atom is 0.315 e. The molecule has 2 amide bonds. The number of carbonyl (C=O) groups is 1. The highest BCUT2D eigenvalue weighted by Gasteiger charge is 2.34. The quantitative estimate of drug-likeness (QED) is 0.320. The molecule has 8 heteroatoms. The number of hydrogen-bond acceptors (Lipinski definition) is 6. The van der Waals surface area contributed by atoms with Gasteiger partial charge in [0.25, 0.3) is 0 Å². The molecule has 2 heterocycles. The van der Waals surface area contributed by atoms with Crippen molar-refractivity contribution < 1.29 is 24.5 Å². The number of hydrogen-bond donors (Lipinski definition) is 4. The number of ether oxygens (including phenoxy) is 2. The summed E-state index contributed by atoms with van der Waals surface area (Å²) in [6, 6.07) is 24.1. The summed E-state index contributed by atoms with van der Waals surface area (Å²) >= 11 is 0. The van der Waals surface area contributed by atoms with E-state index in [1.54, 1.807) is 0 Å². The molecule has 2 aliphatic heterocycles. The van der Waals surface area contributed by atoms with Gasteiger partial charge in [-0.2, -0.15) is 0 Å². The molecule has 212 valence electrons. The molecule has 0 radical (unpaired) electrons. The third kappa shape index (κ3) is 7.27. The molecule has 3 aromatic carbocycles. The molecule has 4 N–H and O–H groups in total. The van der Waals surface area contributed by atoms with Crippen LogP contribution in [-0.4, -0.2) is 59.5 Å². The normalized spacial score (nSPS) is 23.2. The Labute approximate surface area is 235 Å². The lowest BCUT2D eigenvalue weighted by Gasteiger charge is -2.37. The van der Waals surface area contributed by atoms with Gasteiger partial charge < -0.3 is 30.3 Å². The molecule has 5 rings (SSSR count). The van der Waals surface area contributed by atoms with Crippen molar-refractivity contribution in [3.8, 4) is 11.1 Å². The van der Waals surface area contributed by atoms with Crippen LogP contribution in [0.4, 0.5) is 4.79 Å². The van der Waals surface area contributed by atoms with Crippen molar-refractivity contribution in [1.82, 2.24) is 15.5 Å². The molecule has 0 spiro atoms. The summed E-state index contributed by atoms with van der Waals surface area (Å²) in [5, 5.41) is 25.1. The summed E-state index contributed by atoms with van der Waals surface area (Å²) in [5.74, 6) is 0. The van der Waals surface area contributed by atoms with Crippen LogP contribution >= 0.6 is 0 Å². The van der Waals surface area contributed by atoms with E-state index in [0.717, 1.165) is 59.3 Å². The average Bonchev–Trinajstić information content (AvgIpc) is 3.40. The molecule has 0 aliphatic carbocycles. The predicted molar refractivity (Wildman–Crippen MR) is 153 cm³/mol. The van der Waals surface area contributed by atoms with Crippen LogP contribution < -0.4 is 10.6 Å². The van der Waals surface area contributed by atoms with Gasteiger partial charge >= 0.3 is 6.03 Å². The SMILES string of the molecule is CCNC(=O)NCc1cccc(-c2ccc([C@@H]3O[C@H](CN4CC[C@H](O)C4)C[C@H](c4ccc(CO)cc4)O3)cc2)c1. The Hall–Kier alpha value is -3.27. The number of urea groups is 1. The number of nitrogens with zero attached hydrogens (tertiary/aromatic N) is 1. The average molecular weight is 546 g/mol. The van der Waals surface area contributed by atoms with Crippen molar-refractivity contribution >= 4 is 6.03 Å². The minimum Gasteiger partial charge on any atom is -0.392 e. The van der Waals surface area contributed by atoms with Gasteiger partial charge in [0.2, 0.25) is 0 Å². The number of amides is 2. The highest BCUT2D eigenvalue weighted by atomic mass is 16.7. The first-order chi connectivity index (χ1) is 19.5. The number of rotatable bonds is 9. The Kier molecular flexibility index (Phi) is 9.46. The van der Waals surface area contributed by atoms with Gasteiger partial charge in [-0.1, -0.05) is 66.7 Å². The van der Waals surface area contributed by atoms with Gasteiger partial charge in [0, 0.05) is 44.7 Å². The second-order valence-electron chi connectivity index (χ2n) is 10.6. The third-order valence-corrected chi connectivity index (χ3v) is 7.56. The topological polar surface area (TPSA) is 103 Å². The molecule has 4 atom stereocenters. The Balaban J connectivity index is 1.30. The van der Waals surface area contributed by atoms with E-state index < -0.39 is 6.29 Å². The number of carbonyl (C=O) groups excluding carboxylic acids is 1. The van der Waals surface area contributed by atoms with E-state index >= 15 is 0 Å². The highest BCUT2D eigenvalue weighted by Crippen LogP contribution is 2.39. The van der Waals surface area contributed by atoms with E-state index in [2.05, 4.69) is 39.8 Å². The lowest BCUT2D eigenvalue weighted by molar-refractivity contribution is -0.252. The minimum atomic E-state index is -0.518. The smallest absolute Gasteiger partial charge is 0.315 e. The van der Waals surface area contributed by atoms with Gasteiger partial charge in [0.05, 0.1) is 24.9 Å². The molecular weight excluding hydrogens is 506 g/mol. The maximum absolute atomic E-state index is 11.8. The van der Waals surface area contributed by atoms with E-state index in [4.69, 9.17) is 9.47 Å². The van der Waals surface area contributed by atoms with Crippen molar-refractivity contribution in [3.05, 3.63) is 95.1 Å². The molecule has 0 unspecified atom stereocenters. The van der Waals surface area contributed by atoms with Gasteiger partial charge in [-0.25, -0.2) is 4.79 Å². The fourth-order valence-corrected chi connectivity index (χ4v) is 5.40. The summed E-state index contributed by atoms with van der Waals surface area (Å²) in [6.45, 7) is 5.24. The van der Waals surface area contributed by atoms with E-state index in [1.165, 1.54) is 0 Å². The molecule has 2 fully saturated rings. The number of aliphatic hydroxyl groups is 2. The van der Waals surface area contributed by atoms with E-state index in [-0.39, 0.29) is 30.9 Å². The van der Waals surface area contributed by atoms with Gasteiger partial charge in [-0.15, -0.1) is 0 Å². The van der Waals surface area contributed by atoms with E-state index in [0.29, 0.717) is 19.6 Å². The summed E-state index contributed by atoms with van der Waals surface area (Å²) in [7, 11) is 0. The first kappa shape index (κ1) is 28.3. The fourth-order valence-electron chi connectivity index (χ4n) is 5.40. The fraction of sp³-hybridized carbons (Fsp3) is 0.406. The number of aliphatic hydroxyl groups excluding tert-OH is 2. The zero-order chi connectivity index (χ0) is 27.9. The van der Waals surface area contributed by atoms with Crippen LogP contribution in [-0.2, 0) is 22.6 Å². The Bertz CT molecular complexity index is 1250.